The van der Waals surface area contributed by atoms with Gasteiger partial charge in [0, 0.05) is 31.7 Å². The summed E-state index contributed by atoms with van der Waals surface area (Å²) in [6, 6.07) is 5.42. The number of carbonyl (C=O) groups excluding carboxylic acids is 2. The van der Waals surface area contributed by atoms with Gasteiger partial charge in [-0.05, 0) is 57.0 Å². The van der Waals surface area contributed by atoms with Gasteiger partial charge in [0.05, 0.1) is 0 Å². The molecule has 1 aromatic rings. The molecule has 1 aliphatic rings. The predicted octanol–water partition coefficient (Wildman–Crippen LogP) is 2.61. The zero-order chi connectivity index (χ0) is 18.1. The smallest absolute Gasteiger partial charge is 0.319 e. The van der Waals surface area contributed by atoms with Crippen LogP contribution in [-0.2, 0) is 4.79 Å². The van der Waals surface area contributed by atoms with Gasteiger partial charge >= 0.3 is 6.03 Å². The van der Waals surface area contributed by atoms with Crippen molar-refractivity contribution in [2.24, 2.45) is 5.92 Å². The van der Waals surface area contributed by atoms with Gasteiger partial charge in [0.1, 0.15) is 5.82 Å². The summed E-state index contributed by atoms with van der Waals surface area (Å²) in [6.07, 6.45) is 3.34. The van der Waals surface area contributed by atoms with Gasteiger partial charge in [-0.25, -0.2) is 9.18 Å². The van der Waals surface area contributed by atoms with Crippen LogP contribution in [0.4, 0.5) is 14.9 Å². The first-order valence-electron chi connectivity index (χ1n) is 8.81. The number of nitrogens with one attached hydrogen (secondary N) is 3. The zero-order valence-electron chi connectivity index (χ0n) is 15.1. The first-order valence-corrected chi connectivity index (χ1v) is 8.81. The number of halogens is 2. The van der Waals surface area contributed by atoms with Gasteiger partial charge < -0.3 is 20.9 Å². The highest BCUT2D eigenvalue weighted by molar-refractivity contribution is 5.89. The third-order valence-electron chi connectivity index (χ3n) is 4.32. The molecule has 0 aromatic heterocycles. The SMILES string of the molecule is CNCCCC(=O)N1CCCC(CNC(=O)Nc2cccc(F)c2)C1.Cl. The minimum Gasteiger partial charge on any atom is -0.342 e. The van der Waals surface area contributed by atoms with Crippen LogP contribution < -0.4 is 16.0 Å². The van der Waals surface area contributed by atoms with Crippen molar-refractivity contribution in [3.8, 4) is 0 Å². The molecule has 8 heteroatoms. The van der Waals surface area contributed by atoms with Crippen LogP contribution in [-0.4, -0.2) is 50.1 Å². The Kier molecular flexibility index (Phi) is 9.98. The van der Waals surface area contributed by atoms with Crippen molar-refractivity contribution in [1.29, 1.82) is 0 Å². The third-order valence-corrected chi connectivity index (χ3v) is 4.32. The summed E-state index contributed by atoms with van der Waals surface area (Å²) >= 11 is 0. The van der Waals surface area contributed by atoms with Crippen LogP contribution in [0.1, 0.15) is 25.7 Å². The highest BCUT2D eigenvalue weighted by atomic mass is 35.5. The molecule has 3 amide bonds. The Morgan fingerprint density at radius 1 is 1.35 bits per heavy atom. The molecule has 1 aromatic carbocycles. The number of anilines is 1. The molecule has 0 spiro atoms. The van der Waals surface area contributed by atoms with Gasteiger partial charge in [0.2, 0.25) is 5.91 Å². The minimum atomic E-state index is -0.391. The maximum Gasteiger partial charge on any atom is 0.319 e. The second kappa shape index (κ2) is 11.7. The van der Waals surface area contributed by atoms with Gasteiger partial charge in [-0.2, -0.15) is 0 Å². The number of likely N-dealkylation sites (tertiary alicyclic amines) is 1. The molecular weight excluding hydrogens is 359 g/mol. The lowest BCUT2D eigenvalue weighted by molar-refractivity contribution is -0.133. The molecule has 1 atom stereocenters. The van der Waals surface area contributed by atoms with Crippen molar-refractivity contribution in [2.75, 3.05) is 38.5 Å². The summed E-state index contributed by atoms with van der Waals surface area (Å²) in [5.41, 5.74) is 0.419. The quantitative estimate of drug-likeness (QED) is 0.631. The Balaban J connectivity index is 0.00000338. The zero-order valence-corrected chi connectivity index (χ0v) is 15.9. The number of urea groups is 1. The van der Waals surface area contributed by atoms with E-state index < -0.39 is 5.82 Å². The summed E-state index contributed by atoms with van der Waals surface area (Å²) in [6.45, 7) is 2.81. The van der Waals surface area contributed by atoms with Crippen LogP contribution in [0.3, 0.4) is 0 Å². The van der Waals surface area contributed by atoms with Crippen LogP contribution in [0, 0.1) is 11.7 Å². The topological polar surface area (TPSA) is 73.5 Å². The average Bonchev–Trinajstić information content (AvgIpc) is 2.60. The molecule has 1 saturated heterocycles. The molecule has 0 radical (unpaired) electrons. The number of hydrogen-bond acceptors (Lipinski definition) is 3. The number of amides is 3. The van der Waals surface area contributed by atoms with Crippen LogP contribution >= 0.6 is 12.4 Å². The largest absolute Gasteiger partial charge is 0.342 e. The molecular formula is C18H28ClFN4O2. The fourth-order valence-corrected chi connectivity index (χ4v) is 3.01. The van der Waals surface area contributed by atoms with Gasteiger partial charge in [0.25, 0.3) is 0 Å². The Morgan fingerprint density at radius 3 is 2.88 bits per heavy atom. The maximum atomic E-state index is 13.1. The normalized spacial score (nSPS) is 16.5. The van der Waals surface area contributed by atoms with Crippen molar-refractivity contribution in [2.45, 2.75) is 25.7 Å². The van der Waals surface area contributed by atoms with E-state index in [1.165, 1.54) is 12.1 Å². The van der Waals surface area contributed by atoms with E-state index in [9.17, 15) is 14.0 Å². The Bertz CT molecular complexity index is 588. The number of piperidine rings is 1. The molecule has 26 heavy (non-hydrogen) atoms. The molecule has 3 N–H and O–H groups in total. The highest BCUT2D eigenvalue weighted by Gasteiger charge is 2.23. The average molecular weight is 387 g/mol. The van der Waals surface area contributed by atoms with E-state index in [4.69, 9.17) is 0 Å². The molecule has 146 valence electrons. The number of benzene rings is 1. The third kappa shape index (κ3) is 7.58. The lowest BCUT2D eigenvalue weighted by atomic mass is 9.97. The van der Waals surface area contributed by atoms with Crippen LogP contribution in [0.15, 0.2) is 24.3 Å². The number of carbonyl (C=O) groups is 2. The number of hydrogen-bond donors (Lipinski definition) is 3. The maximum absolute atomic E-state index is 13.1. The van der Waals surface area contributed by atoms with Crippen molar-refractivity contribution in [1.82, 2.24) is 15.5 Å². The molecule has 1 aliphatic heterocycles. The van der Waals surface area contributed by atoms with Crippen molar-refractivity contribution in [3.05, 3.63) is 30.1 Å². The fourth-order valence-electron chi connectivity index (χ4n) is 3.01. The Hall–Kier alpha value is -1.86. The van der Waals surface area contributed by atoms with Gasteiger partial charge in [0.15, 0.2) is 0 Å². The molecule has 1 unspecified atom stereocenters. The van der Waals surface area contributed by atoms with E-state index in [-0.39, 0.29) is 30.3 Å². The van der Waals surface area contributed by atoms with E-state index in [1.54, 1.807) is 12.1 Å². The van der Waals surface area contributed by atoms with Gasteiger partial charge in [-0.15, -0.1) is 12.4 Å². The highest BCUT2D eigenvalue weighted by Crippen LogP contribution is 2.17. The molecule has 0 bridgehead atoms. The van der Waals surface area contributed by atoms with Crippen LogP contribution in [0.25, 0.3) is 0 Å². The molecule has 0 aliphatic carbocycles. The second-order valence-corrected chi connectivity index (χ2v) is 6.40. The van der Waals surface area contributed by atoms with Crippen molar-refractivity contribution in [3.63, 3.8) is 0 Å². The summed E-state index contributed by atoms with van der Waals surface area (Å²) in [5, 5.41) is 8.47. The number of nitrogens with zero attached hydrogens (tertiary/aromatic N) is 1. The molecule has 1 heterocycles. The van der Waals surface area contributed by atoms with E-state index in [0.717, 1.165) is 32.4 Å². The van der Waals surface area contributed by atoms with E-state index in [1.807, 2.05) is 11.9 Å². The van der Waals surface area contributed by atoms with Crippen molar-refractivity contribution < 1.29 is 14.0 Å². The lowest BCUT2D eigenvalue weighted by Gasteiger charge is -2.33. The summed E-state index contributed by atoms with van der Waals surface area (Å²) < 4.78 is 13.1. The summed E-state index contributed by atoms with van der Waals surface area (Å²) in [5.74, 6) is 0.0435. The Morgan fingerprint density at radius 2 is 2.15 bits per heavy atom. The van der Waals surface area contributed by atoms with Gasteiger partial charge in [-0.3, -0.25) is 4.79 Å². The summed E-state index contributed by atoms with van der Waals surface area (Å²) in [4.78, 5) is 26.0. The van der Waals surface area contributed by atoms with Crippen molar-refractivity contribution >= 4 is 30.0 Å². The first kappa shape index (κ1) is 22.2. The fraction of sp³-hybridized carbons (Fsp3) is 0.556. The first-order chi connectivity index (χ1) is 12.1. The molecule has 0 saturated carbocycles. The molecule has 6 nitrogen and oxygen atoms in total. The lowest BCUT2D eigenvalue weighted by Crippen LogP contribution is -2.44. The Labute approximate surface area is 160 Å². The van der Waals surface area contributed by atoms with E-state index >= 15 is 0 Å². The van der Waals surface area contributed by atoms with E-state index in [0.29, 0.717) is 25.2 Å². The number of rotatable bonds is 7. The standard InChI is InChI=1S/C18H27FN4O2.ClH/c1-20-9-3-8-17(24)23-10-4-5-14(13-23)12-21-18(25)22-16-7-2-6-15(19)11-16;/h2,6-7,11,14,20H,3-5,8-10,12-13H2,1H3,(H2,21,22,25);1H. The second-order valence-electron chi connectivity index (χ2n) is 6.40. The van der Waals surface area contributed by atoms with E-state index in [2.05, 4.69) is 16.0 Å². The predicted molar refractivity (Wildman–Crippen MR) is 103 cm³/mol. The monoisotopic (exact) mass is 386 g/mol. The molecule has 2 rings (SSSR count). The van der Waals surface area contributed by atoms with Gasteiger partial charge in [-0.1, -0.05) is 6.07 Å². The van der Waals surface area contributed by atoms with Crippen LogP contribution in [0.2, 0.25) is 0 Å². The minimum absolute atomic E-state index is 0. The van der Waals surface area contributed by atoms with Crippen LogP contribution in [0.5, 0.6) is 0 Å². The molecule has 1 fully saturated rings. The summed E-state index contributed by atoms with van der Waals surface area (Å²) in [7, 11) is 1.88.